The number of amides is 2. The van der Waals surface area contributed by atoms with Gasteiger partial charge in [-0.25, -0.2) is 9.78 Å². The average Bonchev–Trinajstić information content (AvgIpc) is 3.32. The van der Waals surface area contributed by atoms with E-state index in [2.05, 4.69) is 10.2 Å². The molecule has 11 heteroatoms. The number of carbonyl (C=O) groups is 1. The minimum Gasteiger partial charge on any atom is -0.392 e. The Balaban J connectivity index is 1.57. The van der Waals surface area contributed by atoms with E-state index in [9.17, 15) is 23.1 Å². The monoisotopic (exact) mass is 535 g/mol. The fourth-order valence-corrected chi connectivity index (χ4v) is 5.02. The molecular formula is C27H36F3N5O3. The number of rotatable bonds is 7. The topological polar surface area (TPSA) is 81.2 Å². The quantitative estimate of drug-likeness (QED) is 0.543. The summed E-state index contributed by atoms with van der Waals surface area (Å²) in [5, 5.41) is 12.8. The van der Waals surface area contributed by atoms with Gasteiger partial charge in [0.05, 0.1) is 19.3 Å². The van der Waals surface area contributed by atoms with Crippen LogP contribution in [0.3, 0.4) is 0 Å². The third-order valence-corrected chi connectivity index (χ3v) is 6.96. The van der Waals surface area contributed by atoms with Gasteiger partial charge in [0.15, 0.2) is 0 Å². The van der Waals surface area contributed by atoms with Crippen LogP contribution in [0.2, 0.25) is 0 Å². The van der Waals surface area contributed by atoms with Crippen molar-refractivity contribution >= 4 is 23.4 Å². The van der Waals surface area contributed by atoms with Gasteiger partial charge in [-0.2, -0.15) is 13.2 Å². The number of nitrogens with zero attached hydrogens (tertiary/aromatic N) is 4. The van der Waals surface area contributed by atoms with Crippen molar-refractivity contribution in [3.8, 4) is 11.1 Å². The first-order chi connectivity index (χ1) is 18.0. The molecule has 1 aromatic carbocycles. The molecule has 2 saturated heterocycles. The standard InChI is InChI=1S/C27H36F3N5O3/c1-18-4-5-22(31-26(37)35-7-6-20(17-35)15-27(28,29)30)14-23(18)21-12-24(33(3)16-19(2)36)32-25(13-21)34-8-10-38-11-9-34/h4-5,12-14,19-20,36H,6-11,15-17H2,1-3H3,(H,31,37). The second kappa shape index (κ2) is 11.8. The third-order valence-electron chi connectivity index (χ3n) is 6.96. The van der Waals surface area contributed by atoms with Crippen molar-refractivity contribution in [2.45, 2.75) is 39.0 Å². The van der Waals surface area contributed by atoms with E-state index in [1.54, 1.807) is 13.0 Å². The first kappa shape index (κ1) is 28.0. The number of carbonyl (C=O) groups excluding carboxylic acids is 1. The van der Waals surface area contributed by atoms with Crippen LogP contribution in [-0.2, 0) is 4.74 Å². The molecule has 0 bridgehead atoms. The fraction of sp³-hybridized carbons (Fsp3) is 0.556. The maximum Gasteiger partial charge on any atom is 0.389 e. The number of benzene rings is 1. The van der Waals surface area contributed by atoms with E-state index in [1.165, 1.54) is 4.90 Å². The van der Waals surface area contributed by atoms with E-state index in [0.29, 0.717) is 44.2 Å². The zero-order valence-electron chi connectivity index (χ0n) is 22.1. The van der Waals surface area contributed by atoms with E-state index < -0.39 is 30.7 Å². The number of morpholine rings is 1. The number of aliphatic hydroxyl groups is 1. The van der Waals surface area contributed by atoms with Crippen LogP contribution in [-0.4, -0.2) is 86.3 Å². The Morgan fingerprint density at radius 1 is 1.24 bits per heavy atom. The summed E-state index contributed by atoms with van der Waals surface area (Å²) in [5.41, 5.74) is 3.38. The van der Waals surface area contributed by atoms with Gasteiger partial charge in [0, 0.05) is 51.9 Å². The molecule has 2 amide bonds. The van der Waals surface area contributed by atoms with Gasteiger partial charge < -0.3 is 29.9 Å². The number of halogens is 3. The van der Waals surface area contributed by atoms with Crippen molar-refractivity contribution < 1.29 is 27.8 Å². The van der Waals surface area contributed by atoms with Crippen LogP contribution in [0, 0.1) is 12.8 Å². The molecule has 2 unspecified atom stereocenters. The number of nitrogens with one attached hydrogen (secondary N) is 1. The number of aliphatic hydroxyl groups excluding tert-OH is 1. The number of likely N-dealkylation sites (N-methyl/N-ethyl adjacent to an activating group) is 1. The van der Waals surface area contributed by atoms with Crippen LogP contribution in [0.25, 0.3) is 11.1 Å². The summed E-state index contributed by atoms with van der Waals surface area (Å²) < 4.78 is 43.8. The molecule has 0 spiro atoms. The number of alkyl halides is 3. The highest BCUT2D eigenvalue weighted by Crippen LogP contribution is 2.33. The van der Waals surface area contributed by atoms with Crippen molar-refractivity contribution in [2.75, 3.05) is 68.1 Å². The number of pyridine rings is 1. The lowest BCUT2D eigenvalue weighted by atomic mass is 10.00. The van der Waals surface area contributed by atoms with Gasteiger partial charge in [0.2, 0.25) is 0 Å². The first-order valence-corrected chi connectivity index (χ1v) is 13.0. The largest absolute Gasteiger partial charge is 0.392 e. The van der Waals surface area contributed by atoms with Crippen LogP contribution in [0.1, 0.15) is 25.3 Å². The van der Waals surface area contributed by atoms with E-state index in [-0.39, 0.29) is 6.54 Å². The number of ether oxygens (including phenoxy) is 1. The zero-order valence-corrected chi connectivity index (χ0v) is 22.1. The molecule has 2 aliphatic heterocycles. The molecule has 0 aliphatic carbocycles. The molecule has 2 fully saturated rings. The average molecular weight is 536 g/mol. The van der Waals surface area contributed by atoms with Crippen LogP contribution < -0.4 is 15.1 Å². The second-order valence-corrected chi connectivity index (χ2v) is 10.3. The molecule has 4 rings (SSSR count). The predicted octanol–water partition coefficient (Wildman–Crippen LogP) is 4.52. The van der Waals surface area contributed by atoms with Crippen LogP contribution in [0.15, 0.2) is 30.3 Å². The lowest BCUT2D eigenvalue weighted by Crippen LogP contribution is -2.37. The first-order valence-electron chi connectivity index (χ1n) is 13.0. The maximum atomic E-state index is 12.8. The van der Waals surface area contributed by atoms with Crippen LogP contribution >= 0.6 is 0 Å². The van der Waals surface area contributed by atoms with Gasteiger partial charge in [0.25, 0.3) is 0 Å². The second-order valence-electron chi connectivity index (χ2n) is 10.3. The zero-order chi connectivity index (χ0) is 27.4. The highest BCUT2D eigenvalue weighted by Gasteiger charge is 2.36. The Bertz CT molecular complexity index is 1120. The summed E-state index contributed by atoms with van der Waals surface area (Å²) in [6.45, 7) is 7.19. The van der Waals surface area contributed by atoms with E-state index in [4.69, 9.17) is 9.72 Å². The van der Waals surface area contributed by atoms with E-state index in [1.807, 2.05) is 43.1 Å². The highest BCUT2D eigenvalue weighted by atomic mass is 19.4. The highest BCUT2D eigenvalue weighted by molar-refractivity contribution is 5.91. The molecule has 0 saturated carbocycles. The minimum absolute atomic E-state index is 0.0936. The summed E-state index contributed by atoms with van der Waals surface area (Å²) in [6.07, 6.45) is -5.28. The number of urea groups is 1. The van der Waals surface area contributed by atoms with Gasteiger partial charge in [-0.1, -0.05) is 6.07 Å². The molecule has 2 aliphatic rings. The molecule has 2 atom stereocenters. The number of hydrogen-bond donors (Lipinski definition) is 2. The summed E-state index contributed by atoms with van der Waals surface area (Å²) in [7, 11) is 1.88. The summed E-state index contributed by atoms with van der Waals surface area (Å²) in [6, 6.07) is 9.17. The lowest BCUT2D eigenvalue weighted by Gasteiger charge is -2.30. The van der Waals surface area contributed by atoms with Crippen molar-refractivity contribution in [2.24, 2.45) is 5.92 Å². The number of aromatic nitrogens is 1. The van der Waals surface area contributed by atoms with Crippen molar-refractivity contribution in [3.05, 3.63) is 35.9 Å². The van der Waals surface area contributed by atoms with Crippen molar-refractivity contribution in [1.29, 1.82) is 0 Å². The Labute approximate surface area is 221 Å². The van der Waals surface area contributed by atoms with Crippen molar-refractivity contribution in [3.63, 3.8) is 0 Å². The van der Waals surface area contributed by atoms with Crippen LogP contribution in [0.5, 0.6) is 0 Å². The molecule has 2 N–H and O–H groups in total. The molecule has 208 valence electrons. The lowest BCUT2D eigenvalue weighted by molar-refractivity contribution is -0.143. The Kier molecular flexibility index (Phi) is 8.67. The predicted molar refractivity (Wildman–Crippen MR) is 142 cm³/mol. The Morgan fingerprint density at radius 2 is 1.97 bits per heavy atom. The number of hydrogen-bond acceptors (Lipinski definition) is 6. The number of anilines is 3. The fourth-order valence-electron chi connectivity index (χ4n) is 5.02. The van der Waals surface area contributed by atoms with Crippen molar-refractivity contribution in [1.82, 2.24) is 9.88 Å². The Hall–Kier alpha value is -3.05. The van der Waals surface area contributed by atoms with Gasteiger partial charge >= 0.3 is 12.2 Å². The Morgan fingerprint density at radius 3 is 2.66 bits per heavy atom. The maximum absolute atomic E-state index is 12.8. The molecule has 3 heterocycles. The SMILES string of the molecule is Cc1ccc(NC(=O)N2CCC(CC(F)(F)F)C2)cc1-c1cc(N(C)CC(C)O)nc(N2CCOCC2)c1. The summed E-state index contributed by atoms with van der Waals surface area (Å²) in [4.78, 5) is 23.2. The normalized spacial score (nSPS) is 19.0. The van der Waals surface area contributed by atoms with Gasteiger partial charge in [-0.15, -0.1) is 0 Å². The smallest absolute Gasteiger partial charge is 0.389 e. The van der Waals surface area contributed by atoms with E-state index >= 15 is 0 Å². The van der Waals surface area contributed by atoms with Crippen LogP contribution in [0.4, 0.5) is 35.3 Å². The third kappa shape index (κ3) is 7.28. The van der Waals surface area contributed by atoms with E-state index in [0.717, 1.165) is 35.6 Å². The molecule has 0 radical (unpaired) electrons. The number of likely N-dealkylation sites (tertiary alicyclic amines) is 1. The van der Waals surface area contributed by atoms with Gasteiger partial charge in [-0.3, -0.25) is 0 Å². The summed E-state index contributed by atoms with van der Waals surface area (Å²) in [5.74, 6) is 0.952. The molecule has 8 nitrogen and oxygen atoms in total. The molecule has 2 aromatic rings. The summed E-state index contributed by atoms with van der Waals surface area (Å²) >= 11 is 0. The molecule has 38 heavy (non-hydrogen) atoms. The van der Waals surface area contributed by atoms with Gasteiger partial charge in [0.1, 0.15) is 11.6 Å². The van der Waals surface area contributed by atoms with Gasteiger partial charge in [-0.05, 0) is 67.1 Å². The number of aryl methyl sites for hydroxylation is 1. The molecular weight excluding hydrogens is 499 g/mol. The minimum atomic E-state index is -4.23. The molecule has 1 aromatic heterocycles.